The number of nitrogens with one attached hydrogen (secondary N) is 4. The summed E-state index contributed by atoms with van der Waals surface area (Å²) in [6.07, 6.45) is 6.22. The first-order valence-electron chi connectivity index (χ1n) is 12.5. The highest BCUT2D eigenvalue weighted by Crippen LogP contribution is 2.33. The van der Waals surface area contributed by atoms with E-state index in [0.29, 0.717) is 17.3 Å². The molecule has 2 saturated heterocycles. The van der Waals surface area contributed by atoms with Gasteiger partial charge in [-0.15, -0.1) is 0 Å². The molecule has 2 aliphatic rings. The monoisotopic (exact) mass is 466 g/mol. The van der Waals surface area contributed by atoms with Gasteiger partial charge in [-0.2, -0.15) is 0 Å². The standard InChI is InChI=1S/C28H27FN6/c29-21-14-17(6-9-20(21)25-15-32-27(34-25)23-3-1-11-30-23)16-5-8-19-18(13-16)7-10-22-26(19)35-28(33-22)24-4-2-12-31-24/h5-10,13-15,23-24,30-31H,1-4,11-12H2,(H,32,34)(H,33,35)/t23-,24?/m0/s1. The van der Waals surface area contributed by atoms with E-state index < -0.39 is 0 Å². The minimum atomic E-state index is -0.256. The van der Waals surface area contributed by atoms with Gasteiger partial charge in [0, 0.05) is 10.9 Å². The second-order valence-corrected chi connectivity index (χ2v) is 9.69. The van der Waals surface area contributed by atoms with Gasteiger partial charge in [-0.1, -0.05) is 24.3 Å². The molecule has 35 heavy (non-hydrogen) atoms. The topological polar surface area (TPSA) is 81.4 Å². The Balaban J connectivity index is 1.21. The molecule has 5 aromatic rings. The number of imidazole rings is 2. The van der Waals surface area contributed by atoms with Gasteiger partial charge in [0.25, 0.3) is 0 Å². The first-order valence-corrected chi connectivity index (χ1v) is 12.5. The number of hydrogen-bond donors (Lipinski definition) is 4. The van der Waals surface area contributed by atoms with Crippen LogP contribution < -0.4 is 10.6 Å². The van der Waals surface area contributed by atoms with E-state index in [2.05, 4.69) is 55.9 Å². The maximum atomic E-state index is 15.2. The lowest BCUT2D eigenvalue weighted by Gasteiger charge is -2.08. The van der Waals surface area contributed by atoms with E-state index in [1.54, 1.807) is 12.3 Å². The van der Waals surface area contributed by atoms with Crippen molar-refractivity contribution in [2.24, 2.45) is 0 Å². The van der Waals surface area contributed by atoms with Crippen LogP contribution in [0.25, 0.3) is 44.2 Å². The SMILES string of the molecule is Fc1cc(-c2ccc3c(ccc4[nH]c(C5CCCN5)nc43)c2)ccc1-c1cnc([C@@H]2CCCN2)[nH]1. The van der Waals surface area contributed by atoms with Gasteiger partial charge in [-0.05, 0) is 79.6 Å². The van der Waals surface area contributed by atoms with Crippen LogP contribution in [0.15, 0.2) is 54.7 Å². The predicted molar refractivity (Wildman–Crippen MR) is 137 cm³/mol. The number of hydrogen-bond acceptors (Lipinski definition) is 4. The number of aromatic nitrogens is 4. The van der Waals surface area contributed by atoms with Crippen molar-refractivity contribution >= 4 is 21.8 Å². The van der Waals surface area contributed by atoms with Crippen LogP contribution in [-0.4, -0.2) is 33.0 Å². The summed E-state index contributed by atoms with van der Waals surface area (Å²) in [6.45, 7) is 2.04. The lowest BCUT2D eigenvalue weighted by atomic mass is 9.99. The second-order valence-electron chi connectivity index (χ2n) is 9.69. The van der Waals surface area contributed by atoms with Crippen molar-refractivity contribution in [3.63, 3.8) is 0 Å². The third-order valence-corrected chi connectivity index (χ3v) is 7.46. The van der Waals surface area contributed by atoms with Crippen molar-refractivity contribution in [3.05, 3.63) is 72.2 Å². The van der Waals surface area contributed by atoms with Crippen LogP contribution in [0.5, 0.6) is 0 Å². The van der Waals surface area contributed by atoms with E-state index in [9.17, 15) is 0 Å². The van der Waals surface area contributed by atoms with Gasteiger partial charge >= 0.3 is 0 Å². The molecule has 0 amide bonds. The van der Waals surface area contributed by atoms with E-state index in [-0.39, 0.29) is 11.9 Å². The molecular weight excluding hydrogens is 439 g/mol. The maximum absolute atomic E-state index is 15.2. The molecule has 2 fully saturated rings. The van der Waals surface area contributed by atoms with E-state index in [4.69, 9.17) is 4.98 Å². The molecule has 0 spiro atoms. The molecule has 7 heteroatoms. The van der Waals surface area contributed by atoms with Crippen LogP contribution in [0.4, 0.5) is 4.39 Å². The van der Waals surface area contributed by atoms with Crippen LogP contribution in [0.3, 0.4) is 0 Å². The van der Waals surface area contributed by atoms with Crippen molar-refractivity contribution in [2.75, 3.05) is 13.1 Å². The molecule has 0 saturated carbocycles. The molecule has 4 heterocycles. The normalized spacial score (nSPS) is 20.4. The molecule has 2 aliphatic heterocycles. The van der Waals surface area contributed by atoms with E-state index in [1.165, 1.54) is 6.42 Å². The van der Waals surface area contributed by atoms with Gasteiger partial charge in [0.1, 0.15) is 17.5 Å². The summed E-state index contributed by atoms with van der Waals surface area (Å²) in [5.74, 6) is 1.64. The highest BCUT2D eigenvalue weighted by molar-refractivity contribution is 6.05. The first-order chi connectivity index (χ1) is 17.2. The third-order valence-electron chi connectivity index (χ3n) is 7.46. The Hall–Kier alpha value is -3.55. The average molecular weight is 467 g/mol. The van der Waals surface area contributed by atoms with Crippen LogP contribution in [0.2, 0.25) is 0 Å². The van der Waals surface area contributed by atoms with Gasteiger partial charge in [0.15, 0.2) is 0 Å². The predicted octanol–water partition coefficient (Wildman–Crippen LogP) is 5.76. The summed E-state index contributed by atoms with van der Waals surface area (Å²) in [7, 11) is 0. The smallest absolute Gasteiger partial charge is 0.133 e. The maximum Gasteiger partial charge on any atom is 0.133 e. The zero-order valence-electron chi connectivity index (χ0n) is 19.4. The summed E-state index contributed by atoms with van der Waals surface area (Å²) in [5, 5.41) is 9.14. The Kier molecular flexibility index (Phi) is 4.92. The Morgan fingerprint density at radius 3 is 2.34 bits per heavy atom. The fourth-order valence-electron chi connectivity index (χ4n) is 5.57. The molecule has 7 rings (SSSR count). The van der Waals surface area contributed by atoms with E-state index in [0.717, 1.165) is 76.9 Å². The number of benzene rings is 3. The molecule has 0 bridgehead atoms. The van der Waals surface area contributed by atoms with E-state index in [1.807, 2.05) is 12.1 Å². The molecule has 4 N–H and O–H groups in total. The molecule has 176 valence electrons. The quantitative estimate of drug-likeness (QED) is 0.271. The molecular formula is C28H27FN6. The lowest BCUT2D eigenvalue weighted by molar-refractivity contribution is 0.612. The van der Waals surface area contributed by atoms with Crippen LogP contribution in [0.1, 0.15) is 49.4 Å². The minimum absolute atomic E-state index is 0.232. The third kappa shape index (κ3) is 3.63. The largest absolute Gasteiger partial charge is 0.341 e. The summed E-state index contributed by atoms with van der Waals surface area (Å²) in [5.41, 5.74) is 5.13. The van der Waals surface area contributed by atoms with Crippen molar-refractivity contribution in [3.8, 4) is 22.4 Å². The van der Waals surface area contributed by atoms with Gasteiger partial charge in [0.05, 0.1) is 35.0 Å². The lowest BCUT2D eigenvalue weighted by Crippen LogP contribution is -2.14. The zero-order valence-corrected chi connectivity index (χ0v) is 19.4. The van der Waals surface area contributed by atoms with Gasteiger partial charge in [0.2, 0.25) is 0 Å². The highest BCUT2D eigenvalue weighted by Gasteiger charge is 2.21. The fourth-order valence-corrected chi connectivity index (χ4v) is 5.57. The summed E-state index contributed by atoms with van der Waals surface area (Å²) in [4.78, 5) is 16.2. The Morgan fingerprint density at radius 2 is 1.57 bits per heavy atom. The van der Waals surface area contributed by atoms with Crippen LogP contribution in [-0.2, 0) is 0 Å². The molecule has 6 nitrogen and oxygen atoms in total. The Morgan fingerprint density at radius 1 is 0.800 bits per heavy atom. The number of rotatable bonds is 4. The summed E-state index contributed by atoms with van der Waals surface area (Å²) >= 11 is 0. The first kappa shape index (κ1) is 20.8. The van der Waals surface area contributed by atoms with Gasteiger partial charge < -0.3 is 20.6 Å². The highest BCUT2D eigenvalue weighted by atomic mass is 19.1. The molecule has 0 aliphatic carbocycles. The van der Waals surface area contributed by atoms with Crippen LogP contribution in [0, 0.1) is 5.82 Å². The van der Waals surface area contributed by atoms with Crippen molar-refractivity contribution in [1.82, 2.24) is 30.6 Å². The second kappa shape index (κ2) is 8.29. The van der Waals surface area contributed by atoms with Crippen molar-refractivity contribution in [2.45, 2.75) is 37.8 Å². The number of aromatic amines is 2. The fraction of sp³-hybridized carbons (Fsp3) is 0.286. The summed E-state index contributed by atoms with van der Waals surface area (Å²) < 4.78 is 15.2. The molecule has 2 aromatic heterocycles. The van der Waals surface area contributed by atoms with Gasteiger partial charge in [-0.3, -0.25) is 0 Å². The molecule has 3 aromatic carbocycles. The Bertz CT molecular complexity index is 1540. The summed E-state index contributed by atoms with van der Waals surface area (Å²) in [6, 6.07) is 16.4. The number of H-pyrrole nitrogens is 2. The van der Waals surface area contributed by atoms with Crippen molar-refractivity contribution in [1.29, 1.82) is 0 Å². The molecule has 0 radical (unpaired) electrons. The zero-order chi connectivity index (χ0) is 23.4. The molecule has 1 unspecified atom stereocenters. The molecule has 2 atom stereocenters. The number of nitrogens with zero attached hydrogens (tertiary/aromatic N) is 2. The minimum Gasteiger partial charge on any atom is -0.341 e. The van der Waals surface area contributed by atoms with Crippen LogP contribution >= 0.6 is 0 Å². The van der Waals surface area contributed by atoms with Gasteiger partial charge in [-0.25, -0.2) is 14.4 Å². The van der Waals surface area contributed by atoms with E-state index >= 15 is 4.39 Å². The Labute approximate surface area is 202 Å². The van der Waals surface area contributed by atoms with Crippen molar-refractivity contribution < 1.29 is 4.39 Å². The number of fused-ring (bicyclic) bond motifs is 3. The number of halogens is 1. The average Bonchev–Trinajstić information content (AvgIpc) is 3.69.